The minimum Gasteiger partial charge on any atom is -0.360 e. The fourth-order valence-corrected chi connectivity index (χ4v) is 3.79. The molecule has 1 aromatic heterocycles. The second kappa shape index (κ2) is 9.24. The van der Waals surface area contributed by atoms with Crippen LogP contribution in [0.15, 0.2) is 64.0 Å². The van der Waals surface area contributed by atoms with E-state index >= 15 is 0 Å². The van der Waals surface area contributed by atoms with Crippen molar-refractivity contribution in [3.63, 3.8) is 0 Å². The van der Waals surface area contributed by atoms with E-state index in [9.17, 15) is 13.2 Å². The van der Waals surface area contributed by atoms with E-state index < -0.39 is 10.0 Å². The third-order valence-corrected chi connectivity index (χ3v) is 5.65. The summed E-state index contributed by atoms with van der Waals surface area (Å²) in [5.41, 5.74) is 1.31. The average Bonchev–Trinajstić information content (AvgIpc) is 3.08. The van der Waals surface area contributed by atoms with E-state index in [-0.39, 0.29) is 28.2 Å². The van der Waals surface area contributed by atoms with Crippen LogP contribution in [0.3, 0.4) is 0 Å². The van der Waals surface area contributed by atoms with Gasteiger partial charge in [0.1, 0.15) is 5.76 Å². The lowest BCUT2D eigenvalue weighted by atomic mass is 10.1. The number of amides is 1. The number of benzene rings is 2. The van der Waals surface area contributed by atoms with Crippen LogP contribution in [-0.4, -0.2) is 24.6 Å². The summed E-state index contributed by atoms with van der Waals surface area (Å²) in [5.74, 6) is 0.291. The highest BCUT2D eigenvalue weighted by Crippen LogP contribution is 2.18. The van der Waals surface area contributed by atoms with Crippen molar-refractivity contribution in [1.29, 1.82) is 0 Å². The smallest absolute Gasteiger partial charge is 0.263 e. The Morgan fingerprint density at radius 1 is 1.13 bits per heavy atom. The zero-order valence-electron chi connectivity index (χ0n) is 15.7. The molecule has 0 saturated heterocycles. The fourth-order valence-electron chi connectivity index (χ4n) is 2.45. The van der Waals surface area contributed by atoms with Gasteiger partial charge in [-0.25, -0.2) is 8.42 Å². The first-order chi connectivity index (χ1) is 14.2. The summed E-state index contributed by atoms with van der Waals surface area (Å²) >= 11 is 11.0. The Bertz CT molecular complexity index is 1160. The van der Waals surface area contributed by atoms with E-state index in [1.807, 2.05) is 0 Å². The quantitative estimate of drug-likeness (QED) is 0.478. The molecule has 0 bridgehead atoms. The maximum atomic E-state index is 12.4. The van der Waals surface area contributed by atoms with Crippen LogP contribution >= 0.6 is 23.8 Å². The molecule has 1 amide bonds. The van der Waals surface area contributed by atoms with Gasteiger partial charge in [-0.05, 0) is 61.1 Å². The van der Waals surface area contributed by atoms with Crippen molar-refractivity contribution in [2.45, 2.75) is 18.2 Å². The van der Waals surface area contributed by atoms with Gasteiger partial charge < -0.3 is 15.2 Å². The standard InChI is InChI=1S/C19H17ClN4O4S2/c1-12-10-17(23-28-12)24-30(26,27)16-8-6-15(7-9-16)21-19(29)22-18(25)11-13-2-4-14(20)5-3-13/h2-10H,11H2,1H3,(H,23,24)(H2,21,22,25,29). The van der Waals surface area contributed by atoms with Crippen LogP contribution in [0, 0.1) is 6.92 Å². The van der Waals surface area contributed by atoms with Crippen LogP contribution in [0.5, 0.6) is 0 Å². The predicted octanol–water partition coefficient (Wildman–Crippen LogP) is 3.49. The van der Waals surface area contributed by atoms with Crippen molar-refractivity contribution in [1.82, 2.24) is 10.5 Å². The van der Waals surface area contributed by atoms with Gasteiger partial charge in [0.05, 0.1) is 11.3 Å². The number of rotatable bonds is 6. The molecule has 0 saturated carbocycles. The molecule has 0 aliphatic carbocycles. The zero-order valence-corrected chi connectivity index (χ0v) is 18.1. The maximum Gasteiger partial charge on any atom is 0.263 e. The van der Waals surface area contributed by atoms with Crippen LogP contribution in [0.25, 0.3) is 0 Å². The molecule has 0 aliphatic heterocycles. The van der Waals surface area contributed by atoms with Crippen LogP contribution in [0.4, 0.5) is 11.5 Å². The number of nitrogens with zero attached hydrogens (tertiary/aromatic N) is 1. The van der Waals surface area contributed by atoms with Crippen LogP contribution in [-0.2, 0) is 21.2 Å². The first kappa shape index (κ1) is 21.8. The monoisotopic (exact) mass is 464 g/mol. The number of hydrogen-bond acceptors (Lipinski definition) is 6. The highest BCUT2D eigenvalue weighted by molar-refractivity contribution is 7.92. The molecule has 0 radical (unpaired) electrons. The summed E-state index contributed by atoms with van der Waals surface area (Å²) in [7, 11) is -3.81. The molecule has 0 fully saturated rings. The number of thiocarbonyl (C=S) groups is 1. The first-order valence-electron chi connectivity index (χ1n) is 8.63. The molecule has 0 spiro atoms. The Labute approximate surface area is 183 Å². The maximum absolute atomic E-state index is 12.4. The second-order valence-corrected chi connectivity index (χ2v) is 8.79. The Balaban J connectivity index is 1.56. The summed E-state index contributed by atoms with van der Waals surface area (Å²) in [5, 5.41) is 9.70. The molecule has 3 rings (SSSR count). The van der Waals surface area contributed by atoms with Crippen molar-refractivity contribution < 1.29 is 17.7 Å². The minimum atomic E-state index is -3.81. The minimum absolute atomic E-state index is 0.0337. The normalized spacial score (nSPS) is 11.0. The molecule has 2 aromatic carbocycles. The molecule has 156 valence electrons. The topological polar surface area (TPSA) is 113 Å². The van der Waals surface area contributed by atoms with E-state index in [2.05, 4.69) is 20.5 Å². The lowest BCUT2D eigenvalue weighted by Gasteiger charge is -2.11. The second-order valence-electron chi connectivity index (χ2n) is 6.26. The van der Waals surface area contributed by atoms with Crippen molar-refractivity contribution in [2.75, 3.05) is 10.0 Å². The summed E-state index contributed by atoms with van der Waals surface area (Å²) in [6.45, 7) is 1.66. The lowest BCUT2D eigenvalue weighted by molar-refractivity contribution is -0.119. The van der Waals surface area contributed by atoms with Gasteiger partial charge in [-0.1, -0.05) is 28.9 Å². The van der Waals surface area contributed by atoms with Crippen LogP contribution in [0.1, 0.15) is 11.3 Å². The van der Waals surface area contributed by atoms with Crippen molar-refractivity contribution in [3.8, 4) is 0 Å². The van der Waals surface area contributed by atoms with Crippen LogP contribution in [0.2, 0.25) is 5.02 Å². The van der Waals surface area contributed by atoms with Crippen LogP contribution < -0.4 is 15.4 Å². The predicted molar refractivity (Wildman–Crippen MR) is 118 cm³/mol. The molecular weight excluding hydrogens is 448 g/mol. The van der Waals surface area contributed by atoms with E-state index in [0.717, 1.165) is 5.56 Å². The molecule has 1 heterocycles. The third kappa shape index (κ3) is 6.02. The number of aryl methyl sites for hydroxylation is 1. The third-order valence-electron chi connectivity index (χ3n) is 3.82. The number of aromatic nitrogens is 1. The van der Waals surface area contributed by atoms with Crippen molar-refractivity contribution >= 4 is 56.4 Å². The first-order valence-corrected chi connectivity index (χ1v) is 10.9. The van der Waals surface area contributed by atoms with E-state index in [4.69, 9.17) is 28.3 Å². The number of halogens is 1. The SMILES string of the molecule is Cc1cc(NS(=O)(=O)c2ccc(NC(=S)NC(=O)Cc3ccc(Cl)cc3)cc2)no1. The lowest BCUT2D eigenvalue weighted by Crippen LogP contribution is -2.35. The Morgan fingerprint density at radius 3 is 2.40 bits per heavy atom. The number of carbonyl (C=O) groups is 1. The highest BCUT2D eigenvalue weighted by atomic mass is 35.5. The summed E-state index contributed by atoms with van der Waals surface area (Å²) in [4.78, 5) is 12.1. The van der Waals surface area contributed by atoms with Gasteiger partial charge >= 0.3 is 0 Å². The van der Waals surface area contributed by atoms with Gasteiger partial charge in [0.2, 0.25) is 5.91 Å². The highest BCUT2D eigenvalue weighted by Gasteiger charge is 2.16. The number of anilines is 2. The molecule has 0 aliphatic rings. The van der Waals surface area contributed by atoms with E-state index in [1.165, 1.54) is 30.3 Å². The average molecular weight is 465 g/mol. The number of sulfonamides is 1. The van der Waals surface area contributed by atoms with E-state index in [0.29, 0.717) is 16.5 Å². The van der Waals surface area contributed by atoms with Gasteiger partial charge in [-0.15, -0.1) is 0 Å². The molecular formula is C19H17ClN4O4S2. The number of hydrogen-bond donors (Lipinski definition) is 3. The fraction of sp³-hybridized carbons (Fsp3) is 0.105. The van der Waals surface area contributed by atoms with E-state index in [1.54, 1.807) is 31.2 Å². The molecule has 8 nitrogen and oxygen atoms in total. The molecule has 0 atom stereocenters. The zero-order chi connectivity index (χ0) is 21.7. The van der Waals surface area contributed by atoms with Gasteiger partial charge in [-0.3, -0.25) is 9.52 Å². The number of carbonyl (C=O) groups excluding carboxylic acids is 1. The van der Waals surface area contributed by atoms with Gasteiger partial charge in [-0.2, -0.15) is 0 Å². The molecule has 30 heavy (non-hydrogen) atoms. The number of nitrogens with one attached hydrogen (secondary N) is 3. The Morgan fingerprint density at radius 2 is 1.80 bits per heavy atom. The Hall–Kier alpha value is -2.95. The van der Waals surface area contributed by atoms with Gasteiger partial charge in [0, 0.05) is 16.8 Å². The van der Waals surface area contributed by atoms with Gasteiger partial charge in [0.25, 0.3) is 10.0 Å². The Kier molecular flexibility index (Phi) is 6.70. The van der Waals surface area contributed by atoms with Gasteiger partial charge in [0.15, 0.2) is 10.9 Å². The molecule has 3 aromatic rings. The van der Waals surface area contributed by atoms with Crippen molar-refractivity contribution in [3.05, 3.63) is 70.9 Å². The summed E-state index contributed by atoms with van der Waals surface area (Å²) < 4.78 is 31.9. The molecule has 0 unspecified atom stereocenters. The largest absolute Gasteiger partial charge is 0.360 e. The molecule has 11 heteroatoms. The molecule has 3 N–H and O–H groups in total. The summed E-state index contributed by atoms with van der Waals surface area (Å²) in [6.07, 6.45) is 0.142. The summed E-state index contributed by atoms with van der Waals surface area (Å²) in [6, 6.07) is 14.2. The van der Waals surface area contributed by atoms with Crippen molar-refractivity contribution in [2.24, 2.45) is 0 Å².